The average molecular weight is 526 g/mol. The Morgan fingerprint density at radius 1 is 0.789 bits per heavy atom. The van der Waals surface area contributed by atoms with Crippen LogP contribution in [0.1, 0.15) is 52.9 Å². The molecule has 0 saturated carbocycles. The predicted octanol–water partition coefficient (Wildman–Crippen LogP) is -2.36. The molecule has 0 bridgehead atoms. The van der Waals surface area contributed by atoms with Crippen LogP contribution in [0.15, 0.2) is 0 Å². The minimum absolute atomic E-state index is 0.0110. The maximum absolute atomic E-state index is 13.1. The van der Waals surface area contributed by atoms with Crippen molar-refractivity contribution in [3.63, 3.8) is 0 Å². The maximum Gasteiger partial charge on any atom is 0.236 e. The molecule has 6 radical (unpaired) electrons. The largest absolute Gasteiger partial charge is 0.409 e. The van der Waals surface area contributed by atoms with E-state index >= 15 is 0 Å². The highest BCUT2D eigenvalue weighted by Crippen LogP contribution is 2.23. The van der Waals surface area contributed by atoms with Crippen LogP contribution in [0.25, 0.3) is 0 Å². The molecule has 0 aromatic heterocycles. The molecule has 1 aliphatic heterocycles. The zero-order valence-electron chi connectivity index (χ0n) is 22.5. The molecular weight excluding hydrogens is 489 g/mol. The van der Waals surface area contributed by atoms with Gasteiger partial charge in [0.1, 0.15) is 5.78 Å². The summed E-state index contributed by atoms with van der Waals surface area (Å²) in [6.45, 7) is 5.14. The van der Waals surface area contributed by atoms with Gasteiger partial charge in [-0.05, 0) is 19.3 Å². The van der Waals surface area contributed by atoms with Crippen LogP contribution in [0.4, 0.5) is 0 Å². The third-order valence-corrected chi connectivity index (χ3v) is 6.32. The fourth-order valence-corrected chi connectivity index (χ4v) is 4.08. The van der Waals surface area contributed by atoms with Crippen LogP contribution in [0, 0.1) is 17.3 Å². The number of nitrogens with zero attached hydrogens (tertiary/aromatic N) is 2. The van der Waals surface area contributed by atoms with Gasteiger partial charge in [0.05, 0.1) is 31.5 Å². The highest BCUT2D eigenvalue weighted by Gasteiger charge is 2.36. The van der Waals surface area contributed by atoms with E-state index in [2.05, 4.69) is 5.32 Å². The highest BCUT2D eigenvalue weighted by molar-refractivity contribution is 6.16. The number of rotatable bonds is 14. The van der Waals surface area contributed by atoms with Gasteiger partial charge in [-0.1, -0.05) is 27.2 Å². The molecule has 204 valence electrons. The van der Waals surface area contributed by atoms with E-state index in [0.29, 0.717) is 19.4 Å². The number of amides is 5. The van der Waals surface area contributed by atoms with Crippen molar-refractivity contribution in [2.75, 3.05) is 39.3 Å². The van der Waals surface area contributed by atoms with Crippen LogP contribution in [-0.2, 0) is 28.8 Å². The summed E-state index contributed by atoms with van der Waals surface area (Å²) in [5.74, 6) is -3.82. The predicted molar refractivity (Wildman–Crippen MR) is 142 cm³/mol. The van der Waals surface area contributed by atoms with Crippen molar-refractivity contribution in [2.45, 2.75) is 52.9 Å². The molecule has 2 atom stereocenters. The Labute approximate surface area is 228 Å². The molecule has 1 heterocycles. The maximum atomic E-state index is 13.1. The van der Waals surface area contributed by atoms with E-state index in [4.69, 9.17) is 23.9 Å². The molecule has 1 aliphatic rings. The van der Waals surface area contributed by atoms with E-state index in [-0.39, 0.29) is 50.3 Å². The summed E-state index contributed by atoms with van der Waals surface area (Å²) in [6.07, 6.45) is 2.81. The van der Waals surface area contributed by atoms with Gasteiger partial charge in [0.2, 0.25) is 53.5 Å². The Kier molecular flexibility index (Phi) is 14.2. The van der Waals surface area contributed by atoms with Gasteiger partial charge >= 0.3 is 0 Å². The molecule has 15 heteroatoms. The van der Waals surface area contributed by atoms with Gasteiger partial charge < -0.3 is 25.9 Å². The van der Waals surface area contributed by atoms with E-state index in [1.165, 1.54) is 9.80 Å². The van der Waals surface area contributed by atoms with E-state index in [9.17, 15) is 28.8 Å². The molecule has 0 aromatic rings. The number of hydrogen-bond acceptors (Lipinski definition) is 7. The Morgan fingerprint density at radius 3 is 1.84 bits per heavy atom. The fourth-order valence-electron chi connectivity index (χ4n) is 4.08. The number of nitrogens with one attached hydrogen (secondary N) is 4. The molecule has 4 N–H and O–H groups in total. The van der Waals surface area contributed by atoms with Gasteiger partial charge in [0, 0.05) is 31.5 Å². The van der Waals surface area contributed by atoms with E-state index in [1.807, 2.05) is 36.5 Å². The molecule has 2 unspecified atom stereocenters. The van der Waals surface area contributed by atoms with Crippen molar-refractivity contribution in [1.29, 1.82) is 0 Å². The number of Topliss-reactive ketones (excluding diaryl/α,β-unsaturated/α-hetero) is 1. The monoisotopic (exact) mass is 526 g/mol. The van der Waals surface area contributed by atoms with Crippen molar-refractivity contribution in [3.8, 4) is 0 Å². The minimum Gasteiger partial charge on any atom is -0.409 e. The molecule has 1 fully saturated rings. The van der Waals surface area contributed by atoms with Crippen molar-refractivity contribution in [1.82, 2.24) is 30.8 Å². The van der Waals surface area contributed by atoms with E-state index in [0.717, 1.165) is 12.8 Å². The first-order chi connectivity index (χ1) is 17.8. The number of piperidine rings is 1. The van der Waals surface area contributed by atoms with Crippen molar-refractivity contribution < 1.29 is 28.8 Å². The van der Waals surface area contributed by atoms with E-state index < -0.39 is 41.4 Å². The molecular formula is C23H37B3N6O6. The van der Waals surface area contributed by atoms with Gasteiger partial charge in [-0.3, -0.25) is 33.7 Å². The Balaban J connectivity index is 2.68. The summed E-state index contributed by atoms with van der Waals surface area (Å²) in [5, 5.41) is 8.78. The Hall–Kier alpha value is -2.83. The zero-order chi connectivity index (χ0) is 28.9. The first-order valence-corrected chi connectivity index (χ1v) is 12.6. The first kappa shape index (κ1) is 33.2. The van der Waals surface area contributed by atoms with E-state index in [1.54, 1.807) is 0 Å². The number of likely N-dealkylation sites (tertiary alicyclic amines) is 1. The SMILES string of the molecule is [B]NC(=O)CN(CC(=O)NCCCCCC(=O)C(C)(C)C)CC(=O)N1CC(C(=O)N[B])CC(C(=O)N[B])C1. The van der Waals surface area contributed by atoms with Crippen LogP contribution in [0.3, 0.4) is 0 Å². The van der Waals surface area contributed by atoms with Crippen molar-refractivity contribution in [2.24, 2.45) is 17.3 Å². The second kappa shape index (κ2) is 16.2. The molecule has 12 nitrogen and oxygen atoms in total. The van der Waals surface area contributed by atoms with Gasteiger partial charge in [0.15, 0.2) is 0 Å². The lowest BCUT2D eigenvalue weighted by atomic mass is 9.87. The molecule has 5 amide bonds. The molecule has 0 aromatic carbocycles. The summed E-state index contributed by atoms with van der Waals surface area (Å²) in [4.78, 5) is 76.2. The second-order valence-corrected chi connectivity index (χ2v) is 10.5. The smallest absolute Gasteiger partial charge is 0.236 e. The summed E-state index contributed by atoms with van der Waals surface area (Å²) < 4.78 is 0. The average Bonchev–Trinajstić information content (AvgIpc) is 2.88. The Morgan fingerprint density at radius 2 is 1.34 bits per heavy atom. The van der Waals surface area contributed by atoms with Gasteiger partial charge in [-0.25, -0.2) is 0 Å². The molecule has 1 saturated heterocycles. The lowest BCUT2D eigenvalue weighted by Crippen LogP contribution is -2.54. The second-order valence-electron chi connectivity index (χ2n) is 10.5. The van der Waals surface area contributed by atoms with Crippen LogP contribution in [0.5, 0.6) is 0 Å². The lowest BCUT2D eigenvalue weighted by Gasteiger charge is -2.37. The number of carbonyl (C=O) groups is 6. The molecule has 0 spiro atoms. The lowest BCUT2D eigenvalue weighted by molar-refractivity contribution is -0.140. The first-order valence-electron chi connectivity index (χ1n) is 12.6. The summed E-state index contributed by atoms with van der Waals surface area (Å²) >= 11 is 0. The third kappa shape index (κ3) is 11.7. The number of hydrogen-bond donors (Lipinski definition) is 4. The highest BCUT2D eigenvalue weighted by atomic mass is 16.2. The number of unbranched alkanes of at least 4 members (excludes halogenated alkanes) is 2. The minimum atomic E-state index is -0.734. The van der Waals surface area contributed by atoms with Crippen LogP contribution in [-0.4, -0.2) is 108 Å². The van der Waals surface area contributed by atoms with Crippen LogP contribution in [0.2, 0.25) is 0 Å². The summed E-state index contributed by atoms with van der Waals surface area (Å²) in [6, 6.07) is 0. The fraction of sp³-hybridized carbons (Fsp3) is 0.739. The summed E-state index contributed by atoms with van der Waals surface area (Å²) in [5.41, 5.74) is -0.366. The molecule has 1 rings (SSSR count). The zero-order valence-corrected chi connectivity index (χ0v) is 22.5. The number of ketones is 1. The van der Waals surface area contributed by atoms with Gasteiger partial charge in [-0.15, -0.1) is 0 Å². The van der Waals surface area contributed by atoms with Crippen LogP contribution < -0.4 is 21.0 Å². The van der Waals surface area contributed by atoms with Gasteiger partial charge in [0.25, 0.3) is 0 Å². The molecule has 38 heavy (non-hydrogen) atoms. The standard InChI is InChI=1S/C23H37B3N6O6/c1-23(2,3)17(33)7-5-4-6-8-27-18(34)12-31(13-19(35)28-24)14-20(36)32-10-15(21(37)29-25)9-16(11-32)22(38)30-26/h15-16H,4-14H2,1-3H3,(H,27,34)(H,28,35)(H,29,37)(H,30,38). The van der Waals surface area contributed by atoms with Crippen molar-refractivity contribution in [3.05, 3.63) is 0 Å². The quantitative estimate of drug-likeness (QED) is 0.146. The normalized spacial score (nSPS) is 17.4. The third-order valence-electron chi connectivity index (χ3n) is 6.32. The summed E-state index contributed by atoms with van der Waals surface area (Å²) in [7, 11) is 15.6. The van der Waals surface area contributed by atoms with Crippen LogP contribution >= 0.6 is 0 Å². The van der Waals surface area contributed by atoms with Crippen molar-refractivity contribution >= 4 is 59.3 Å². The molecule has 0 aliphatic carbocycles. The number of carbonyl (C=O) groups excluding carboxylic acids is 6. The Bertz CT molecular complexity index is 845. The topological polar surface area (TPSA) is 157 Å². The van der Waals surface area contributed by atoms with Gasteiger partial charge in [-0.2, -0.15) is 0 Å².